The van der Waals surface area contributed by atoms with Crippen LogP contribution in [0.4, 0.5) is 5.69 Å². The highest BCUT2D eigenvalue weighted by molar-refractivity contribution is 7.89. The molecule has 8 nitrogen and oxygen atoms in total. The minimum Gasteiger partial charge on any atom is -0.384 e. The van der Waals surface area contributed by atoms with Crippen LogP contribution in [-0.4, -0.2) is 46.7 Å². The number of methoxy groups -OCH3 is 1. The molecule has 1 aromatic rings. The monoisotopic (exact) mass is 371 g/mol. The Morgan fingerprint density at radius 2 is 1.84 bits per heavy atom. The standard InChI is InChI=1S/C16H25N3O5S/c1-12-8-14(19(20)21)9-13(2)15(12)25(22,23)18-10-16(11-24-3)4-6-17-7-5-16/h8-9,17-18H,4-7,10-11H2,1-3H3. The molecule has 2 rings (SSSR count). The summed E-state index contributed by atoms with van der Waals surface area (Å²) in [4.78, 5) is 10.5. The Morgan fingerprint density at radius 3 is 2.32 bits per heavy atom. The van der Waals surface area contributed by atoms with Gasteiger partial charge in [-0.05, 0) is 50.9 Å². The van der Waals surface area contributed by atoms with Crippen LogP contribution in [-0.2, 0) is 14.8 Å². The summed E-state index contributed by atoms with van der Waals surface area (Å²) in [5.74, 6) is 0. The number of piperidine rings is 1. The Morgan fingerprint density at radius 1 is 1.28 bits per heavy atom. The zero-order chi connectivity index (χ0) is 18.7. The van der Waals surface area contributed by atoms with Crippen molar-refractivity contribution in [2.75, 3.05) is 33.4 Å². The number of ether oxygens (including phenoxy) is 1. The van der Waals surface area contributed by atoms with Crippen molar-refractivity contribution >= 4 is 15.7 Å². The van der Waals surface area contributed by atoms with Gasteiger partial charge in [0.2, 0.25) is 10.0 Å². The van der Waals surface area contributed by atoms with E-state index in [1.165, 1.54) is 12.1 Å². The zero-order valence-corrected chi connectivity index (χ0v) is 15.6. The lowest BCUT2D eigenvalue weighted by molar-refractivity contribution is -0.385. The Kier molecular flexibility index (Phi) is 6.15. The topological polar surface area (TPSA) is 111 Å². The molecule has 0 aliphatic carbocycles. The number of nitrogens with one attached hydrogen (secondary N) is 2. The first-order valence-electron chi connectivity index (χ1n) is 8.16. The molecule has 1 fully saturated rings. The molecule has 25 heavy (non-hydrogen) atoms. The van der Waals surface area contributed by atoms with Gasteiger partial charge in [0.15, 0.2) is 0 Å². The van der Waals surface area contributed by atoms with Gasteiger partial charge in [-0.15, -0.1) is 0 Å². The lowest BCUT2D eigenvalue weighted by Crippen LogP contribution is -2.47. The molecular formula is C16H25N3O5S. The molecule has 1 aliphatic rings. The average molecular weight is 371 g/mol. The lowest BCUT2D eigenvalue weighted by atomic mass is 9.80. The Hall–Kier alpha value is -1.55. The third kappa shape index (κ3) is 4.55. The van der Waals surface area contributed by atoms with Crippen LogP contribution in [0.15, 0.2) is 17.0 Å². The molecule has 0 spiro atoms. The molecule has 1 aromatic carbocycles. The number of benzene rings is 1. The van der Waals surface area contributed by atoms with Crippen LogP contribution in [0.25, 0.3) is 0 Å². The second-order valence-electron chi connectivity index (χ2n) is 6.67. The number of hydrogen-bond acceptors (Lipinski definition) is 6. The Bertz CT molecular complexity index is 714. The van der Waals surface area contributed by atoms with Gasteiger partial charge >= 0.3 is 0 Å². The van der Waals surface area contributed by atoms with Crippen LogP contribution in [0.2, 0.25) is 0 Å². The van der Waals surface area contributed by atoms with E-state index < -0.39 is 14.9 Å². The van der Waals surface area contributed by atoms with Gasteiger partial charge in [-0.2, -0.15) is 0 Å². The van der Waals surface area contributed by atoms with Gasteiger partial charge in [-0.1, -0.05) is 0 Å². The molecule has 0 radical (unpaired) electrons. The number of nitro groups is 1. The van der Waals surface area contributed by atoms with Crippen LogP contribution in [0.3, 0.4) is 0 Å². The van der Waals surface area contributed by atoms with Crippen LogP contribution in [0, 0.1) is 29.4 Å². The lowest BCUT2D eigenvalue weighted by Gasteiger charge is -2.37. The fourth-order valence-corrected chi connectivity index (χ4v) is 5.02. The molecule has 0 amide bonds. The molecule has 2 N–H and O–H groups in total. The van der Waals surface area contributed by atoms with E-state index in [2.05, 4.69) is 10.0 Å². The van der Waals surface area contributed by atoms with Crippen molar-refractivity contribution < 1.29 is 18.1 Å². The van der Waals surface area contributed by atoms with E-state index in [0.29, 0.717) is 17.7 Å². The molecule has 0 unspecified atom stereocenters. The number of rotatable bonds is 7. The van der Waals surface area contributed by atoms with Gasteiger partial charge in [-0.25, -0.2) is 13.1 Å². The first-order chi connectivity index (χ1) is 11.7. The summed E-state index contributed by atoms with van der Waals surface area (Å²) < 4.78 is 33.6. The molecule has 0 aromatic heterocycles. The molecule has 1 aliphatic heterocycles. The summed E-state index contributed by atoms with van der Waals surface area (Å²) in [6.45, 7) is 5.55. The predicted octanol–water partition coefficient (Wildman–Crippen LogP) is 1.51. The number of non-ortho nitro benzene ring substituents is 1. The number of hydrogen-bond donors (Lipinski definition) is 2. The number of nitrogens with zero attached hydrogens (tertiary/aromatic N) is 1. The number of nitro benzene ring substituents is 1. The van der Waals surface area contributed by atoms with E-state index in [1.807, 2.05) is 0 Å². The third-order valence-electron chi connectivity index (χ3n) is 4.68. The fraction of sp³-hybridized carbons (Fsp3) is 0.625. The highest BCUT2D eigenvalue weighted by Gasteiger charge is 2.34. The van der Waals surface area contributed by atoms with Crippen LogP contribution >= 0.6 is 0 Å². The predicted molar refractivity (Wildman–Crippen MR) is 94.2 cm³/mol. The molecule has 0 atom stereocenters. The Balaban J connectivity index is 2.25. The van der Waals surface area contributed by atoms with E-state index in [9.17, 15) is 18.5 Å². The number of aryl methyl sites for hydroxylation is 2. The van der Waals surface area contributed by atoms with Crippen molar-refractivity contribution in [2.45, 2.75) is 31.6 Å². The average Bonchev–Trinajstić information content (AvgIpc) is 2.53. The summed E-state index contributed by atoms with van der Waals surface area (Å²) in [6.07, 6.45) is 1.64. The summed E-state index contributed by atoms with van der Waals surface area (Å²) in [5.41, 5.74) is 0.383. The normalized spacial score (nSPS) is 17.4. The van der Waals surface area contributed by atoms with E-state index in [-0.39, 0.29) is 22.5 Å². The zero-order valence-electron chi connectivity index (χ0n) is 14.8. The smallest absolute Gasteiger partial charge is 0.270 e. The maximum Gasteiger partial charge on any atom is 0.270 e. The molecule has 1 saturated heterocycles. The molecule has 1 heterocycles. The maximum atomic E-state index is 12.8. The van der Waals surface area contributed by atoms with Crippen molar-refractivity contribution in [3.63, 3.8) is 0 Å². The maximum absolute atomic E-state index is 12.8. The fourth-order valence-electron chi connectivity index (χ4n) is 3.41. The Labute approximate surface area is 148 Å². The van der Waals surface area contributed by atoms with Crippen molar-refractivity contribution in [3.8, 4) is 0 Å². The van der Waals surface area contributed by atoms with Gasteiger partial charge in [0.25, 0.3) is 5.69 Å². The van der Waals surface area contributed by atoms with E-state index in [0.717, 1.165) is 25.9 Å². The highest BCUT2D eigenvalue weighted by Crippen LogP contribution is 2.30. The quantitative estimate of drug-likeness (QED) is 0.555. The van der Waals surface area contributed by atoms with Gasteiger partial charge in [0, 0.05) is 31.2 Å². The molecule has 9 heteroatoms. The second kappa shape index (κ2) is 7.77. The molecule has 0 saturated carbocycles. The summed E-state index contributed by atoms with van der Waals surface area (Å²) in [5, 5.41) is 14.2. The molecule has 0 bridgehead atoms. The van der Waals surface area contributed by atoms with Crippen molar-refractivity contribution in [3.05, 3.63) is 33.4 Å². The van der Waals surface area contributed by atoms with Crippen LogP contribution in [0.1, 0.15) is 24.0 Å². The van der Waals surface area contributed by atoms with Gasteiger partial charge in [0.05, 0.1) is 16.4 Å². The van der Waals surface area contributed by atoms with Gasteiger partial charge < -0.3 is 10.1 Å². The summed E-state index contributed by atoms with van der Waals surface area (Å²) in [7, 11) is -2.15. The highest BCUT2D eigenvalue weighted by atomic mass is 32.2. The van der Waals surface area contributed by atoms with Gasteiger partial charge in [-0.3, -0.25) is 10.1 Å². The van der Waals surface area contributed by atoms with E-state index in [1.54, 1.807) is 21.0 Å². The first kappa shape index (κ1) is 19.8. The second-order valence-corrected chi connectivity index (χ2v) is 8.38. The van der Waals surface area contributed by atoms with Crippen molar-refractivity contribution in [2.24, 2.45) is 5.41 Å². The molecular weight excluding hydrogens is 346 g/mol. The summed E-state index contributed by atoms with van der Waals surface area (Å²) >= 11 is 0. The van der Waals surface area contributed by atoms with Crippen molar-refractivity contribution in [1.82, 2.24) is 10.0 Å². The first-order valence-corrected chi connectivity index (χ1v) is 9.64. The van der Waals surface area contributed by atoms with Crippen LogP contribution < -0.4 is 10.0 Å². The van der Waals surface area contributed by atoms with Crippen LogP contribution in [0.5, 0.6) is 0 Å². The largest absolute Gasteiger partial charge is 0.384 e. The third-order valence-corrected chi connectivity index (χ3v) is 6.38. The minimum absolute atomic E-state index is 0.108. The molecule has 140 valence electrons. The van der Waals surface area contributed by atoms with E-state index >= 15 is 0 Å². The number of sulfonamides is 1. The van der Waals surface area contributed by atoms with E-state index in [4.69, 9.17) is 4.74 Å². The minimum atomic E-state index is -3.77. The van der Waals surface area contributed by atoms with Crippen molar-refractivity contribution in [1.29, 1.82) is 0 Å². The SMILES string of the molecule is COCC1(CNS(=O)(=O)c2c(C)cc([N+](=O)[O-])cc2C)CCNCC1. The summed E-state index contributed by atoms with van der Waals surface area (Å²) in [6, 6.07) is 2.58. The van der Waals surface area contributed by atoms with Gasteiger partial charge in [0.1, 0.15) is 0 Å².